The maximum atomic E-state index is 11.6. The zero-order valence-corrected chi connectivity index (χ0v) is 10.8. The van der Waals surface area contributed by atoms with Crippen molar-refractivity contribution in [2.75, 3.05) is 13.2 Å². The summed E-state index contributed by atoms with van der Waals surface area (Å²) in [5, 5.41) is 20.3. The molecule has 0 unspecified atom stereocenters. The molecule has 0 spiro atoms. The summed E-state index contributed by atoms with van der Waals surface area (Å²) in [5.74, 6) is -1.33. The first-order chi connectivity index (χ1) is 9.69. The Bertz CT molecular complexity index is 562. The number of nitrogens with zero attached hydrogens (tertiary/aromatic N) is 5. The van der Waals surface area contributed by atoms with Crippen molar-refractivity contribution in [1.29, 1.82) is 0 Å². The molecule has 0 bridgehead atoms. The predicted octanol–water partition coefficient (Wildman–Crippen LogP) is 3.41. The second-order valence-electron chi connectivity index (χ2n) is 3.44. The first-order valence-corrected chi connectivity index (χ1v) is 5.76. The number of rotatable bonds is 6. The van der Waals surface area contributed by atoms with E-state index < -0.39 is 18.3 Å². The van der Waals surface area contributed by atoms with Crippen LogP contribution in [0.1, 0.15) is 6.92 Å². The fraction of sp³-hybridized carbons (Fsp3) is 0.250. The molecule has 1 aromatic carbocycles. The number of esters is 1. The number of benzene rings is 1. The quantitative estimate of drug-likeness (QED) is 0.214. The number of carbonyl (C=O) groups is 1. The van der Waals surface area contributed by atoms with Gasteiger partial charge in [-0.2, -0.15) is 5.11 Å². The summed E-state index contributed by atoms with van der Waals surface area (Å²) in [6, 6.07) is 8.66. The van der Waals surface area contributed by atoms with Crippen LogP contribution in [0.4, 0.5) is 5.69 Å². The van der Waals surface area contributed by atoms with Crippen LogP contribution in [0, 0.1) is 0 Å². The molecule has 1 aromatic rings. The van der Waals surface area contributed by atoms with Gasteiger partial charge < -0.3 is 9.84 Å². The van der Waals surface area contributed by atoms with Crippen LogP contribution in [0.5, 0.6) is 0 Å². The molecule has 0 aliphatic carbocycles. The summed E-state index contributed by atoms with van der Waals surface area (Å²) in [5.41, 5.74) is 8.32. The molecule has 0 saturated heterocycles. The van der Waals surface area contributed by atoms with Crippen LogP contribution in [0.15, 0.2) is 57.1 Å². The summed E-state index contributed by atoms with van der Waals surface area (Å²) < 4.78 is 4.75. The number of azo groups is 1. The second kappa shape index (κ2) is 8.28. The molecule has 8 heteroatoms. The highest BCUT2D eigenvalue weighted by Crippen LogP contribution is 2.15. The Balaban J connectivity index is 3.02. The first kappa shape index (κ1) is 15.2. The Morgan fingerprint density at radius 2 is 2.10 bits per heavy atom. The van der Waals surface area contributed by atoms with Gasteiger partial charge in [-0.3, -0.25) is 0 Å². The molecule has 1 N–H and O–H groups in total. The van der Waals surface area contributed by atoms with Gasteiger partial charge in [0.2, 0.25) is 5.70 Å². The van der Waals surface area contributed by atoms with E-state index in [9.17, 15) is 9.90 Å². The molecular weight excluding hydrogens is 262 g/mol. The summed E-state index contributed by atoms with van der Waals surface area (Å²) in [4.78, 5) is 14.1. The Morgan fingerprint density at radius 1 is 1.40 bits per heavy atom. The molecular formula is C12H13N5O3. The van der Waals surface area contributed by atoms with Gasteiger partial charge in [0, 0.05) is 4.91 Å². The molecule has 0 radical (unpaired) electrons. The van der Waals surface area contributed by atoms with E-state index in [2.05, 4.69) is 20.3 Å². The molecule has 20 heavy (non-hydrogen) atoms. The monoisotopic (exact) mass is 275 g/mol. The van der Waals surface area contributed by atoms with Gasteiger partial charge in [-0.15, -0.1) is 5.11 Å². The van der Waals surface area contributed by atoms with Gasteiger partial charge in [0.25, 0.3) is 0 Å². The van der Waals surface area contributed by atoms with E-state index in [-0.39, 0.29) is 12.3 Å². The van der Waals surface area contributed by atoms with Crippen LogP contribution < -0.4 is 0 Å². The van der Waals surface area contributed by atoms with Crippen LogP contribution in [0.25, 0.3) is 10.4 Å². The van der Waals surface area contributed by atoms with Crippen LogP contribution >= 0.6 is 0 Å². The van der Waals surface area contributed by atoms with Gasteiger partial charge in [-0.25, -0.2) is 4.79 Å². The minimum atomic E-state index is -0.835. The highest BCUT2D eigenvalue weighted by molar-refractivity contribution is 5.88. The zero-order chi connectivity index (χ0) is 14.8. The molecule has 0 saturated carbocycles. The van der Waals surface area contributed by atoms with E-state index in [0.29, 0.717) is 5.69 Å². The molecule has 0 aromatic heterocycles. The van der Waals surface area contributed by atoms with E-state index in [1.807, 2.05) is 0 Å². The lowest BCUT2D eigenvalue weighted by Crippen LogP contribution is -2.09. The molecule has 0 aliphatic rings. The zero-order valence-electron chi connectivity index (χ0n) is 10.8. The minimum Gasteiger partial charge on any atom is -0.510 e. The van der Waals surface area contributed by atoms with Crippen LogP contribution in [-0.2, 0) is 9.53 Å². The molecule has 0 fully saturated rings. The summed E-state index contributed by atoms with van der Waals surface area (Å²) in [7, 11) is 0. The number of aliphatic hydroxyl groups is 1. The van der Waals surface area contributed by atoms with Crippen molar-refractivity contribution in [1.82, 2.24) is 0 Å². The molecule has 104 valence electrons. The van der Waals surface area contributed by atoms with Gasteiger partial charge in [-0.05, 0) is 24.6 Å². The maximum absolute atomic E-state index is 11.6. The highest BCUT2D eigenvalue weighted by atomic mass is 16.5. The van der Waals surface area contributed by atoms with Gasteiger partial charge in [0.05, 0.1) is 18.8 Å². The van der Waals surface area contributed by atoms with Crippen LogP contribution in [0.3, 0.4) is 0 Å². The van der Waals surface area contributed by atoms with Crippen molar-refractivity contribution >= 4 is 11.7 Å². The Kier molecular flexibility index (Phi) is 6.29. The third-order valence-corrected chi connectivity index (χ3v) is 2.05. The molecule has 0 amide bonds. The van der Waals surface area contributed by atoms with E-state index in [1.165, 1.54) is 0 Å². The summed E-state index contributed by atoms with van der Waals surface area (Å²) in [6.45, 7) is 1.34. The number of ether oxygens (including phenoxy) is 1. The van der Waals surface area contributed by atoms with Gasteiger partial charge in [0.15, 0.2) is 0 Å². The van der Waals surface area contributed by atoms with Crippen molar-refractivity contribution in [2.45, 2.75) is 6.92 Å². The molecule has 1 rings (SSSR count). The van der Waals surface area contributed by atoms with Crippen molar-refractivity contribution in [3.8, 4) is 0 Å². The fourth-order valence-electron chi connectivity index (χ4n) is 1.19. The summed E-state index contributed by atoms with van der Waals surface area (Å²) >= 11 is 0. The maximum Gasteiger partial charge on any atom is 0.362 e. The van der Waals surface area contributed by atoms with Gasteiger partial charge in [-0.1, -0.05) is 23.3 Å². The third-order valence-electron chi connectivity index (χ3n) is 2.05. The number of hydrogen-bond donors (Lipinski definition) is 1. The van der Waals surface area contributed by atoms with E-state index in [1.54, 1.807) is 37.3 Å². The Labute approximate surface area is 115 Å². The van der Waals surface area contributed by atoms with Gasteiger partial charge >= 0.3 is 5.97 Å². The average Bonchev–Trinajstić information content (AvgIpc) is 2.46. The predicted molar refractivity (Wildman–Crippen MR) is 71.3 cm³/mol. The van der Waals surface area contributed by atoms with Crippen LogP contribution in [0.2, 0.25) is 0 Å². The third kappa shape index (κ3) is 4.79. The van der Waals surface area contributed by atoms with E-state index in [0.717, 1.165) is 0 Å². The van der Waals surface area contributed by atoms with Crippen molar-refractivity contribution in [2.24, 2.45) is 15.3 Å². The number of hydrogen-bond acceptors (Lipinski definition) is 6. The topological polar surface area (TPSA) is 120 Å². The number of azide groups is 1. The highest BCUT2D eigenvalue weighted by Gasteiger charge is 2.16. The van der Waals surface area contributed by atoms with Crippen molar-refractivity contribution in [3.63, 3.8) is 0 Å². The smallest absolute Gasteiger partial charge is 0.362 e. The number of carbonyl (C=O) groups excluding carboxylic acids is 1. The molecule has 0 aliphatic heterocycles. The Hall–Kier alpha value is -2.86. The fourth-order valence-corrected chi connectivity index (χ4v) is 1.19. The Morgan fingerprint density at radius 3 is 2.70 bits per heavy atom. The van der Waals surface area contributed by atoms with Crippen molar-refractivity contribution in [3.05, 3.63) is 52.2 Å². The molecule has 0 atom stereocenters. The van der Waals surface area contributed by atoms with Crippen molar-refractivity contribution < 1.29 is 14.6 Å². The van der Waals surface area contributed by atoms with E-state index >= 15 is 0 Å². The lowest BCUT2D eigenvalue weighted by molar-refractivity contribution is -0.138. The standard InChI is InChI=1S/C12H13N5O3/c1-2-20-12(19)11(10(18)8-14-17-13)16-15-9-6-4-3-5-7-9/h3-7,18H,2,8H2,1H3/b11-10+,16-15?. The minimum absolute atomic E-state index is 0.123. The molecule has 0 heterocycles. The summed E-state index contributed by atoms with van der Waals surface area (Å²) in [6.07, 6.45) is 0. The lowest BCUT2D eigenvalue weighted by Gasteiger charge is -2.03. The number of aliphatic hydroxyl groups excluding tert-OH is 1. The van der Waals surface area contributed by atoms with Crippen LogP contribution in [-0.4, -0.2) is 24.2 Å². The lowest BCUT2D eigenvalue weighted by atomic mass is 10.3. The van der Waals surface area contributed by atoms with Gasteiger partial charge in [0.1, 0.15) is 5.76 Å². The normalized spacial score (nSPS) is 11.7. The molecule has 8 nitrogen and oxygen atoms in total. The largest absolute Gasteiger partial charge is 0.510 e. The second-order valence-corrected chi connectivity index (χ2v) is 3.44. The SMILES string of the molecule is CCOC(=O)/C(N=Nc1ccccc1)=C(\O)CN=[N+]=[N-]. The average molecular weight is 275 g/mol. The van der Waals surface area contributed by atoms with E-state index in [4.69, 9.17) is 10.3 Å². The first-order valence-electron chi connectivity index (χ1n) is 5.76.